The number of hydrogen-bond acceptors (Lipinski definition) is 1. The Balaban J connectivity index is 2.52. The molecule has 0 bridgehead atoms. The fraction of sp³-hybridized carbons (Fsp3) is 0.500. The van der Waals surface area contributed by atoms with Crippen LogP contribution in [-0.2, 0) is 6.42 Å². The van der Waals surface area contributed by atoms with Gasteiger partial charge in [-0.25, -0.2) is 0 Å². The zero-order valence-electron chi connectivity index (χ0n) is 12.0. The zero-order valence-corrected chi connectivity index (χ0v) is 13.5. The van der Waals surface area contributed by atoms with Gasteiger partial charge in [-0.2, -0.15) is 0 Å². The number of guanidine groups is 1. The van der Waals surface area contributed by atoms with Crippen molar-refractivity contribution in [2.75, 3.05) is 34.7 Å². The van der Waals surface area contributed by atoms with Crippen LogP contribution >= 0.6 is 23.2 Å². The lowest BCUT2D eigenvalue weighted by Gasteiger charge is -2.22. The van der Waals surface area contributed by atoms with Crippen LogP contribution in [0, 0.1) is 0 Å². The summed E-state index contributed by atoms with van der Waals surface area (Å²) in [4.78, 5) is 8.60. The summed E-state index contributed by atoms with van der Waals surface area (Å²) < 4.78 is 0. The molecule has 1 rings (SSSR count). The summed E-state index contributed by atoms with van der Waals surface area (Å²) in [5, 5.41) is 1.41. The normalized spacial score (nSPS) is 10.2. The molecule has 0 aliphatic carbocycles. The number of aryl methyl sites for hydroxylation is 1. The SMILES string of the molecule is CN(C)C(=NCCCc1ccc(Cl)cc1Cl)N(C)C. The predicted molar refractivity (Wildman–Crippen MR) is 84.5 cm³/mol. The quantitative estimate of drug-likeness (QED) is 0.482. The van der Waals surface area contributed by atoms with E-state index in [1.807, 2.05) is 50.1 Å². The molecule has 19 heavy (non-hydrogen) atoms. The lowest BCUT2D eigenvalue weighted by molar-refractivity contribution is 0.479. The van der Waals surface area contributed by atoms with Gasteiger partial charge < -0.3 is 9.80 Å². The van der Waals surface area contributed by atoms with Crippen LogP contribution in [0.2, 0.25) is 10.0 Å². The van der Waals surface area contributed by atoms with Crippen LogP contribution in [0.15, 0.2) is 23.2 Å². The molecular formula is C14H21Cl2N3. The molecule has 5 heteroatoms. The Kier molecular flexibility index (Phi) is 6.46. The largest absolute Gasteiger partial charge is 0.349 e. The molecular weight excluding hydrogens is 281 g/mol. The van der Waals surface area contributed by atoms with E-state index in [4.69, 9.17) is 23.2 Å². The smallest absolute Gasteiger partial charge is 0.195 e. The Labute approximate surface area is 125 Å². The fourth-order valence-corrected chi connectivity index (χ4v) is 2.36. The molecule has 0 atom stereocenters. The summed E-state index contributed by atoms with van der Waals surface area (Å²) in [6.45, 7) is 0.782. The molecule has 0 aliphatic heterocycles. The molecule has 0 spiro atoms. The minimum atomic E-state index is 0.675. The van der Waals surface area contributed by atoms with Crippen molar-refractivity contribution in [1.82, 2.24) is 9.80 Å². The Hall–Kier alpha value is -0.930. The van der Waals surface area contributed by atoms with E-state index in [1.165, 1.54) is 0 Å². The average Bonchev–Trinajstić information content (AvgIpc) is 2.30. The van der Waals surface area contributed by atoms with Gasteiger partial charge in [-0.15, -0.1) is 0 Å². The van der Waals surface area contributed by atoms with Crippen molar-refractivity contribution in [3.8, 4) is 0 Å². The van der Waals surface area contributed by atoms with Gasteiger partial charge in [-0.05, 0) is 30.5 Å². The molecule has 3 nitrogen and oxygen atoms in total. The van der Waals surface area contributed by atoms with Crippen LogP contribution in [0.25, 0.3) is 0 Å². The van der Waals surface area contributed by atoms with Crippen molar-refractivity contribution in [3.05, 3.63) is 33.8 Å². The van der Waals surface area contributed by atoms with E-state index >= 15 is 0 Å². The summed E-state index contributed by atoms with van der Waals surface area (Å²) >= 11 is 12.0. The van der Waals surface area contributed by atoms with Crippen LogP contribution in [0.5, 0.6) is 0 Å². The Bertz CT molecular complexity index is 432. The molecule has 0 saturated heterocycles. The highest BCUT2D eigenvalue weighted by Gasteiger charge is 2.04. The van der Waals surface area contributed by atoms with Crippen LogP contribution in [0.4, 0.5) is 0 Å². The van der Waals surface area contributed by atoms with Gasteiger partial charge >= 0.3 is 0 Å². The van der Waals surface area contributed by atoms with Crippen molar-refractivity contribution < 1.29 is 0 Å². The third-order valence-corrected chi connectivity index (χ3v) is 3.26. The number of aliphatic imine (C=N–C) groups is 1. The van der Waals surface area contributed by atoms with Crippen molar-refractivity contribution in [1.29, 1.82) is 0 Å². The Morgan fingerprint density at radius 2 is 1.74 bits per heavy atom. The van der Waals surface area contributed by atoms with Crippen molar-refractivity contribution in [2.45, 2.75) is 12.8 Å². The number of halogens is 2. The van der Waals surface area contributed by atoms with Gasteiger partial charge in [0.05, 0.1) is 0 Å². The van der Waals surface area contributed by atoms with Crippen LogP contribution in [-0.4, -0.2) is 50.5 Å². The summed E-state index contributed by atoms with van der Waals surface area (Å²) in [6, 6.07) is 5.64. The number of benzene rings is 1. The summed E-state index contributed by atoms with van der Waals surface area (Å²) in [6.07, 6.45) is 1.88. The molecule has 0 N–H and O–H groups in total. The van der Waals surface area contributed by atoms with Crippen molar-refractivity contribution in [2.24, 2.45) is 4.99 Å². The molecule has 106 valence electrons. The highest BCUT2D eigenvalue weighted by molar-refractivity contribution is 6.35. The van der Waals surface area contributed by atoms with Gasteiger partial charge in [0.15, 0.2) is 5.96 Å². The Morgan fingerprint density at radius 1 is 1.11 bits per heavy atom. The second kappa shape index (κ2) is 7.61. The van der Waals surface area contributed by atoms with E-state index in [9.17, 15) is 0 Å². The van der Waals surface area contributed by atoms with E-state index in [0.29, 0.717) is 5.02 Å². The van der Waals surface area contributed by atoms with Gasteiger partial charge in [0.25, 0.3) is 0 Å². The van der Waals surface area contributed by atoms with Gasteiger partial charge in [0, 0.05) is 44.8 Å². The van der Waals surface area contributed by atoms with E-state index in [0.717, 1.165) is 35.9 Å². The lowest BCUT2D eigenvalue weighted by Crippen LogP contribution is -2.35. The topological polar surface area (TPSA) is 18.8 Å². The Morgan fingerprint density at radius 3 is 2.26 bits per heavy atom. The molecule has 1 aromatic rings. The molecule has 0 heterocycles. The van der Waals surface area contributed by atoms with E-state index in [1.54, 1.807) is 6.07 Å². The molecule has 0 aliphatic rings. The first-order valence-electron chi connectivity index (χ1n) is 6.25. The molecule has 0 radical (unpaired) electrons. The molecule has 0 fully saturated rings. The van der Waals surface area contributed by atoms with Gasteiger partial charge in [-0.3, -0.25) is 4.99 Å². The highest BCUT2D eigenvalue weighted by atomic mass is 35.5. The van der Waals surface area contributed by atoms with E-state index in [-0.39, 0.29) is 0 Å². The van der Waals surface area contributed by atoms with E-state index < -0.39 is 0 Å². The first-order chi connectivity index (χ1) is 8.91. The van der Waals surface area contributed by atoms with Crippen LogP contribution in [0.3, 0.4) is 0 Å². The number of rotatable bonds is 4. The third kappa shape index (κ3) is 5.29. The maximum atomic E-state index is 6.14. The monoisotopic (exact) mass is 301 g/mol. The maximum absolute atomic E-state index is 6.14. The van der Waals surface area contributed by atoms with E-state index in [2.05, 4.69) is 4.99 Å². The lowest BCUT2D eigenvalue weighted by atomic mass is 10.1. The number of hydrogen-bond donors (Lipinski definition) is 0. The average molecular weight is 302 g/mol. The second-order valence-corrected chi connectivity index (χ2v) is 5.65. The minimum Gasteiger partial charge on any atom is -0.349 e. The van der Waals surface area contributed by atoms with Gasteiger partial charge in [0.2, 0.25) is 0 Å². The van der Waals surface area contributed by atoms with Crippen molar-refractivity contribution >= 4 is 29.2 Å². The van der Waals surface area contributed by atoms with Crippen molar-refractivity contribution in [3.63, 3.8) is 0 Å². The van der Waals surface area contributed by atoms with Gasteiger partial charge in [-0.1, -0.05) is 29.3 Å². The first-order valence-corrected chi connectivity index (χ1v) is 7.00. The molecule has 1 aromatic carbocycles. The molecule has 0 saturated carbocycles. The standard InChI is InChI=1S/C14H21Cl2N3/c1-18(2)14(19(3)4)17-9-5-6-11-7-8-12(15)10-13(11)16/h7-8,10H,5-6,9H2,1-4H3. The second-order valence-electron chi connectivity index (χ2n) is 4.81. The molecule has 0 aromatic heterocycles. The summed E-state index contributed by atoms with van der Waals surface area (Å²) in [5.41, 5.74) is 1.12. The summed E-state index contributed by atoms with van der Waals surface area (Å²) in [5.74, 6) is 0.974. The zero-order chi connectivity index (χ0) is 14.4. The predicted octanol–water partition coefficient (Wildman–Crippen LogP) is 3.41. The fourth-order valence-electron chi connectivity index (χ4n) is 1.86. The van der Waals surface area contributed by atoms with Gasteiger partial charge in [0.1, 0.15) is 0 Å². The first kappa shape index (κ1) is 16.1. The minimum absolute atomic E-state index is 0.675. The van der Waals surface area contributed by atoms with Crippen LogP contribution < -0.4 is 0 Å². The maximum Gasteiger partial charge on any atom is 0.195 e. The highest BCUT2D eigenvalue weighted by Crippen LogP contribution is 2.21. The molecule has 0 unspecified atom stereocenters. The molecule has 0 amide bonds. The number of nitrogens with zero attached hydrogens (tertiary/aromatic N) is 3. The van der Waals surface area contributed by atoms with Crippen LogP contribution in [0.1, 0.15) is 12.0 Å². The third-order valence-electron chi connectivity index (χ3n) is 2.67. The summed E-state index contributed by atoms with van der Waals surface area (Å²) in [7, 11) is 7.98.